The number of benzene rings is 2. The van der Waals surface area contributed by atoms with Crippen LogP contribution in [0.2, 0.25) is 0 Å². The number of hydrogen-bond acceptors (Lipinski definition) is 4. The van der Waals surface area contributed by atoms with Gasteiger partial charge in [0.15, 0.2) is 0 Å². The lowest BCUT2D eigenvalue weighted by Crippen LogP contribution is -2.34. The molecule has 160 valence electrons. The van der Waals surface area contributed by atoms with Gasteiger partial charge in [0.05, 0.1) is 10.6 Å². The van der Waals surface area contributed by atoms with Crippen molar-refractivity contribution in [3.05, 3.63) is 59.2 Å². The SMILES string of the molecule is Cc1cccc(S(=O)(=O)N2CCc3cc(C4CC4NCC4CCNCC4)ccc32)c1. The van der Waals surface area contributed by atoms with Crippen LogP contribution >= 0.6 is 0 Å². The molecule has 2 aromatic rings. The number of piperidine rings is 1. The van der Waals surface area contributed by atoms with E-state index in [9.17, 15) is 8.42 Å². The van der Waals surface area contributed by atoms with E-state index in [1.807, 2.05) is 25.1 Å². The summed E-state index contributed by atoms with van der Waals surface area (Å²) in [4.78, 5) is 0.379. The van der Waals surface area contributed by atoms with Gasteiger partial charge in [-0.1, -0.05) is 24.3 Å². The van der Waals surface area contributed by atoms with Gasteiger partial charge in [-0.3, -0.25) is 4.31 Å². The standard InChI is InChI=1S/C24H31N3O2S/c1-17-3-2-4-21(13-17)30(28,29)27-12-9-20-14-19(5-6-24(20)27)22-15-23(22)26-16-18-7-10-25-11-8-18/h2-6,13-14,18,22-23,25-26H,7-12,15-16H2,1H3. The van der Waals surface area contributed by atoms with Gasteiger partial charge in [-0.25, -0.2) is 8.42 Å². The maximum Gasteiger partial charge on any atom is 0.264 e. The molecule has 0 spiro atoms. The fourth-order valence-corrected chi connectivity index (χ4v) is 6.58. The van der Waals surface area contributed by atoms with E-state index in [1.165, 1.54) is 24.8 Å². The van der Waals surface area contributed by atoms with Gasteiger partial charge >= 0.3 is 0 Å². The van der Waals surface area contributed by atoms with Crippen LogP contribution in [0.4, 0.5) is 5.69 Å². The monoisotopic (exact) mass is 425 g/mol. The Kier molecular flexibility index (Phi) is 5.33. The van der Waals surface area contributed by atoms with Gasteiger partial charge < -0.3 is 10.6 Å². The third-order valence-electron chi connectivity index (χ3n) is 6.88. The Bertz CT molecular complexity index is 1030. The van der Waals surface area contributed by atoms with Crippen LogP contribution in [0.25, 0.3) is 0 Å². The first kappa shape index (κ1) is 20.0. The van der Waals surface area contributed by atoms with Crippen molar-refractivity contribution < 1.29 is 8.42 Å². The third-order valence-corrected chi connectivity index (χ3v) is 8.69. The summed E-state index contributed by atoms with van der Waals surface area (Å²) in [5.74, 6) is 1.37. The Morgan fingerprint density at radius 2 is 1.97 bits per heavy atom. The lowest BCUT2D eigenvalue weighted by atomic mass is 9.98. The molecule has 3 aliphatic rings. The van der Waals surface area contributed by atoms with E-state index >= 15 is 0 Å². The molecule has 1 aliphatic carbocycles. The second-order valence-corrected chi connectivity index (χ2v) is 10.9. The normalized spacial score (nSPS) is 24.1. The minimum absolute atomic E-state index is 0.379. The van der Waals surface area contributed by atoms with Crippen LogP contribution in [0.1, 0.15) is 41.9 Å². The van der Waals surface area contributed by atoms with Crippen molar-refractivity contribution in [3.63, 3.8) is 0 Å². The highest BCUT2D eigenvalue weighted by molar-refractivity contribution is 7.92. The van der Waals surface area contributed by atoms with Crippen molar-refractivity contribution in [2.75, 3.05) is 30.5 Å². The first-order valence-corrected chi connectivity index (χ1v) is 12.6. The molecular formula is C24H31N3O2S. The zero-order valence-corrected chi connectivity index (χ0v) is 18.4. The van der Waals surface area contributed by atoms with Gasteiger partial charge in [-0.15, -0.1) is 0 Å². The van der Waals surface area contributed by atoms with Crippen LogP contribution in [0.5, 0.6) is 0 Å². The van der Waals surface area contributed by atoms with Gasteiger partial charge in [0, 0.05) is 18.5 Å². The number of anilines is 1. The summed E-state index contributed by atoms with van der Waals surface area (Å²) < 4.78 is 27.9. The Labute approximate surface area is 179 Å². The summed E-state index contributed by atoms with van der Waals surface area (Å²) in [6, 6.07) is 14.2. The van der Waals surface area contributed by atoms with Gasteiger partial charge in [0.1, 0.15) is 0 Å². The molecule has 0 bridgehead atoms. The predicted molar refractivity (Wildman–Crippen MR) is 121 cm³/mol. The van der Waals surface area contributed by atoms with Crippen LogP contribution in [-0.4, -0.2) is 40.6 Å². The molecule has 2 unspecified atom stereocenters. The number of nitrogens with one attached hydrogen (secondary N) is 2. The number of hydrogen-bond donors (Lipinski definition) is 2. The van der Waals surface area contributed by atoms with E-state index in [0.29, 0.717) is 23.4 Å². The summed E-state index contributed by atoms with van der Waals surface area (Å²) in [7, 11) is -3.51. The second kappa shape index (κ2) is 7.98. The molecule has 0 radical (unpaired) electrons. The lowest BCUT2D eigenvalue weighted by Gasteiger charge is -2.23. The van der Waals surface area contributed by atoms with Crippen LogP contribution in [0.3, 0.4) is 0 Å². The van der Waals surface area contributed by atoms with Gasteiger partial charge in [-0.2, -0.15) is 0 Å². The smallest absolute Gasteiger partial charge is 0.264 e. The van der Waals surface area contributed by atoms with E-state index < -0.39 is 10.0 Å². The zero-order chi connectivity index (χ0) is 20.7. The van der Waals surface area contributed by atoms with E-state index in [4.69, 9.17) is 0 Å². The molecule has 30 heavy (non-hydrogen) atoms. The number of aryl methyl sites for hydroxylation is 1. The molecule has 1 saturated carbocycles. The van der Waals surface area contributed by atoms with E-state index in [0.717, 1.165) is 48.8 Å². The highest BCUT2D eigenvalue weighted by atomic mass is 32.2. The van der Waals surface area contributed by atoms with E-state index in [2.05, 4.69) is 22.8 Å². The third kappa shape index (κ3) is 3.88. The number of rotatable bonds is 6. The number of sulfonamides is 1. The topological polar surface area (TPSA) is 61.4 Å². The van der Waals surface area contributed by atoms with Crippen LogP contribution < -0.4 is 14.9 Å². The summed E-state index contributed by atoms with van der Waals surface area (Å²) in [6.45, 7) is 5.86. The molecule has 2 N–H and O–H groups in total. The summed E-state index contributed by atoms with van der Waals surface area (Å²) >= 11 is 0. The maximum absolute atomic E-state index is 13.2. The first-order valence-electron chi connectivity index (χ1n) is 11.2. The summed E-state index contributed by atoms with van der Waals surface area (Å²) in [6.07, 6.45) is 4.52. The highest BCUT2D eigenvalue weighted by Crippen LogP contribution is 2.43. The van der Waals surface area contributed by atoms with E-state index in [-0.39, 0.29) is 0 Å². The molecule has 2 atom stereocenters. The average molecular weight is 426 g/mol. The maximum atomic E-state index is 13.2. The predicted octanol–water partition coefficient (Wildman–Crippen LogP) is 3.19. The molecule has 6 heteroatoms. The molecule has 5 nitrogen and oxygen atoms in total. The second-order valence-electron chi connectivity index (χ2n) is 9.08. The summed E-state index contributed by atoms with van der Waals surface area (Å²) in [5, 5.41) is 7.20. The Morgan fingerprint density at radius 3 is 2.77 bits per heavy atom. The molecule has 2 heterocycles. The molecule has 0 amide bonds. The molecule has 2 aromatic carbocycles. The highest BCUT2D eigenvalue weighted by Gasteiger charge is 2.39. The quantitative estimate of drug-likeness (QED) is 0.746. The molecule has 2 aliphatic heterocycles. The number of nitrogens with zero attached hydrogens (tertiary/aromatic N) is 1. The van der Waals surface area contributed by atoms with Gasteiger partial charge in [0.25, 0.3) is 10.0 Å². The molecule has 1 saturated heterocycles. The Balaban J connectivity index is 1.27. The van der Waals surface area contributed by atoms with Crippen LogP contribution in [-0.2, 0) is 16.4 Å². The largest absolute Gasteiger partial charge is 0.317 e. The van der Waals surface area contributed by atoms with Gasteiger partial charge in [-0.05, 0) is 93.0 Å². The summed E-state index contributed by atoms with van der Waals surface area (Å²) in [5.41, 5.74) is 4.32. The van der Waals surface area contributed by atoms with Crippen molar-refractivity contribution in [1.82, 2.24) is 10.6 Å². The minimum atomic E-state index is -3.51. The lowest BCUT2D eigenvalue weighted by molar-refractivity contribution is 0.355. The van der Waals surface area contributed by atoms with E-state index in [1.54, 1.807) is 16.4 Å². The van der Waals surface area contributed by atoms with Crippen molar-refractivity contribution in [2.24, 2.45) is 5.92 Å². The molecule has 2 fully saturated rings. The zero-order valence-electron chi connectivity index (χ0n) is 17.6. The van der Waals surface area contributed by atoms with Crippen molar-refractivity contribution in [2.45, 2.75) is 49.5 Å². The fourth-order valence-electron chi connectivity index (χ4n) is 4.97. The average Bonchev–Trinajstić information content (AvgIpc) is 3.41. The molecule has 5 rings (SSSR count). The van der Waals surface area contributed by atoms with Crippen LogP contribution in [0, 0.1) is 12.8 Å². The number of fused-ring (bicyclic) bond motifs is 1. The van der Waals surface area contributed by atoms with Crippen LogP contribution in [0.15, 0.2) is 47.4 Å². The first-order chi connectivity index (χ1) is 14.5. The fraction of sp³-hybridized carbons (Fsp3) is 0.500. The minimum Gasteiger partial charge on any atom is -0.317 e. The van der Waals surface area contributed by atoms with Crippen molar-refractivity contribution >= 4 is 15.7 Å². The molecule has 0 aromatic heterocycles. The Morgan fingerprint density at radius 1 is 1.13 bits per heavy atom. The molecular weight excluding hydrogens is 394 g/mol. The van der Waals surface area contributed by atoms with Crippen molar-refractivity contribution in [3.8, 4) is 0 Å². The Hall–Kier alpha value is -1.89. The van der Waals surface area contributed by atoms with Crippen molar-refractivity contribution in [1.29, 1.82) is 0 Å². The van der Waals surface area contributed by atoms with Gasteiger partial charge in [0.2, 0.25) is 0 Å².